The number of hydrogen-bond donors (Lipinski definition) is 1. The van der Waals surface area contributed by atoms with Crippen LogP contribution in [0.3, 0.4) is 0 Å². The Kier molecular flexibility index (Phi) is 11.3. The summed E-state index contributed by atoms with van der Waals surface area (Å²) >= 11 is 1.57. The van der Waals surface area contributed by atoms with Crippen molar-refractivity contribution in [2.45, 2.75) is 107 Å². The number of esters is 1. The van der Waals surface area contributed by atoms with E-state index in [2.05, 4.69) is 0 Å². The zero-order chi connectivity index (χ0) is 35.7. The normalized spacial score (nSPS) is 29.3. The minimum Gasteiger partial charge on any atom is -0.462 e. The maximum atomic E-state index is 14.8. The number of β-amino-alcohol motifs (C(OH)–C–C–N with tert-alkyl or cyclic N) is 1. The van der Waals surface area contributed by atoms with E-state index in [1.807, 2.05) is 36.4 Å². The topological polar surface area (TPSA) is 124 Å². The summed E-state index contributed by atoms with van der Waals surface area (Å²) in [5, 5.41) is 13.0. The van der Waals surface area contributed by atoms with E-state index in [9.17, 15) is 18.3 Å². The van der Waals surface area contributed by atoms with Gasteiger partial charge in [0.25, 0.3) is 0 Å². The lowest BCUT2D eigenvalue weighted by atomic mass is 9.86. The SMILES string of the molecule is O=C(C[C@@H](Cc1ccccc1)[C@H](O)CN1CCCCCCCOCc2cc3nc(CC4CC4)sc3cc2S1(=O)=O)O[C@H]1C[C@H]2CO[C@H]3OCC[C@@H]1[C@@H]23. The van der Waals surface area contributed by atoms with Crippen LogP contribution in [0.4, 0.5) is 0 Å². The summed E-state index contributed by atoms with van der Waals surface area (Å²) in [5.41, 5.74) is 2.38. The molecule has 0 radical (unpaired) electrons. The number of aliphatic hydroxyl groups is 1. The first-order valence-corrected chi connectivity index (χ1v) is 21.7. The Morgan fingerprint density at radius 1 is 1.04 bits per heavy atom. The van der Waals surface area contributed by atoms with E-state index in [-0.39, 0.29) is 61.2 Å². The molecule has 7 atom stereocenters. The molecule has 8 rings (SSSR count). The minimum absolute atomic E-state index is 0.00534. The minimum atomic E-state index is -4.05. The zero-order valence-electron chi connectivity index (χ0n) is 29.9. The highest BCUT2D eigenvalue weighted by molar-refractivity contribution is 7.89. The molecule has 1 aromatic heterocycles. The molecule has 2 saturated carbocycles. The monoisotopic (exact) mass is 752 g/mol. The molecule has 1 N–H and O–H groups in total. The molecular formula is C40H52N2O8S2. The molecule has 10 nitrogen and oxygen atoms in total. The molecular weight excluding hydrogens is 701 g/mol. The largest absolute Gasteiger partial charge is 0.462 e. The van der Waals surface area contributed by atoms with E-state index >= 15 is 0 Å². The lowest BCUT2D eigenvalue weighted by Gasteiger charge is -2.33. The van der Waals surface area contributed by atoms with Crippen molar-refractivity contribution in [2.75, 3.05) is 32.9 Å². The first-order valence-electron chi connectivity index (χ1n) is 19.5. The standard InChI is InChI=1S/C40H52N2O8S2/c43-33(28(17-26-9-5-4-6-10-26)21-38(44)50-34-20-30-25-49-40-39(30)31(34)13-16-48-40)23-42-14-7-2-1-3-8-15-47-24-29-19-32-35(22-36(29)52(42,45)46)51-37(41-32)18-27-11-12-27/h4-6,9-10,19,22,27-28,30-31,33-34,39-40,43H,1-3,7-8,11-18,20-21,23-25H2/t28-,30+,31+,33-,34+,39-,40-/m1/s1. The molecule has 2 aromatic carbocycles. The second kappa shape index (κ2) is 16.1. The third-order valence-corrected chi connectivity index (χ3v) is 14.9. The first-order chi connectivity index (χ1) is 25.3. The van der Waals surface area contributed by atoms with Crippen LogP contribution < -0.4 is 0 Å². The fourth-order valence-electron chi connectivity index (χ4n) is 8.91. The molecule has 3 aromatic rings. The van der Waals surface area contributed by atoms with Crippen LogP contribution in [0.1, 0.15) is 80.3 Å². The zero-order valence-corrected chi connectivity index (χ0v) is 31.5. The average Bonchev–Trinajstić information content (AvgIpc) is 3.55. The Morgan fingerprint density at radius 2 is 1.87 bits per heavy atom. The first kappa shape index (κ1) is 36.5. The highest BCUT2D eigenvalue weighted by Gasteiger charge is 2.55. The van der Waals surface area contributed by atoms with Crippen LogP contribution >= 0.6 is 11.3 Å². The van der Waals surface area contributed by atoms with E-state index in [1.165, 1.54) is 17.1 Å². The number of aliphatic hydroxyl groups excluding tert-OH is 1. The number of aromatic nitrogens is 1. The van der Waals surface area contributed by atoms with Gasteiger partial charge >= 0.3 is 5.97 Å². The van der Waals surface area contributed by atoms with E-state index in [0.29, 0.717) is 50.1 Å². The molecule has 2 aliphatic carbocycles. The number of fused-ring (bicyclic) bond motifs is 2. The number of sulfonamides is 1. The molecule has 0 unspecified atom stereocenters. The molecule has 3 aliphatic heterocycles. The van der Waals surface area contributed by atoms with Crippen molar-refractivity contribution in [1.82, 2.24) is 9.29 Å². The fraction of sp³-hybridized carbons (Fsp3) is 0.650. The van der Waals surface area contributed by atoms with Crippen LogP contribution in [0.15, 0.2) is 47.4 Å². The van der Waals surface area contributed by atoms with Crippen LogP contribution in [-0.4, -0.2) is 80.2 Å². The van der Waals surface area contributed by atoms with Crippen molar-refractivity contribution >= 4 is 37.5 Å². The van der Waals surface area contributed by atoms with Crippen molar-refractivity contribution < 1.29 is 37.3 Å². The van der Waals surface area contributed by atoms with Gasteiger partial charge in [0.1, 0.15) is 6.10 Å². The quantitative estimate of drug-likeness (QED) is 0.239. The number of benzene rings is 2. The number of ether oxygens (including phenoxy) is 4. The van der Waals surface area contributed by atoms with Gasteiger partial charge in [-0.1, -0.05) is 49.6 Å². The van der Waals surface area contributed by atoms with Crippen LogP contribution in [-0.2, 0) is 53.2 Å². The second-order valence-corrected chi connectivity index (χ2v) is 18.7. The fourth-order valence-corrected chi connectivity index (χ4v) is 11.8. The number of carbonyl (C=O) groups is 1. The molecule has 2 saturated heterocycles. The summed E-state index contributed by atoms with van der Waals surface area (Å²) in [4.78, 5) is 18.8. The van der Waals surface area contributed by atoms with Crippen molar-refractivity contribution in [3.63, 3.8) is 0 Å². The molecule has 52 heavy (non-hydrogen) atoms. The summed E-state index contributed by atoms with van der Waals surface area (Å²) in [5.74, 6) is 0.577. The van der Waals surface area contributed by atoms with Crippen LogP contribution in [0.25, 0.3) is 10.2 Å². The maximum Gasteiger partial charge on any atom is 0.306 e. The van der Waals surface area contributed by atoms with Gasteiger partial charge in [-0.2, -0.15) is 4.31 Å². The van der Waals surface area contributed by atoms with Gasteiger partial charge in [0.2, 0.25) is 10.0 Å². The van der Waals surface area contributed by atoms with Gasteiger partial charge in [-0.25, -0.2) is 13.4 Å². The Balaban J connectivity index is 1.04. The molecule has 4 fully saturated rings. The van der Waals surface area contributed by atoms with Gasteiger partial charge in [0.05, 0.1) is 52.5 Å². The molecule has 12 heteroatoms. The number of thiazole rings is 1. The molecule has 0 spiro atoms. The van der Waals surface area contributed by atoms with Gasteiger partial charge in [0.15, 0.2) is 6.29 Å². The third kappa shape index (κ3) is 8.28. The van der Waals surface area contributed by atoms with E-state index < -0.39 is 22.0 Å². The van der Waals surface area contributed by atoms with Crippen molar-refractivity contribution in [2.24, 2.45) is 29.6 Å². The summed E-state index contributed by atoms with van der Waals surface area (Å²) < 4.78 is 55.8. The maximum absolute atomic E-state index is 14.8. The van der Waals surface area contributed by atoms with Crippen LogP contribution in [0.2, 0.25) is 0 Å². The molecule has 282 valence electrons. The number of rotatable bonds is 10. The highest BCUT2D eigenvalue weighted by Crippen LogP contribution is 2.50. The van der Waals surface area contributed by atoms with E-state index in [0.717, 1.165) is 65.7 Å². The number of hydrogen-bond acceptors (Lipinski definition) is 10. The van der Waals surface area contributed by atoms with Gasteiger partial charge in [-0.05, 0) is 80.0 Å². The molecule has 0 bridgehead atoms. The smallest absolute Gasteiger partial charge is 0.306 e. The molecule has 0 amide bonds. The van der Waals surface area contributed by atoms with Gasteiger partial charge in [-0.3, -0.25) is 4.79 Å². The molecule has 5 aliphatic rings. The van der Waals surface area contributed by atoms with Gasteiger partial charge in [0, 0.05) is 43.9 Å². The Bertz CT molecular complexity index is 1800. The van der Waals surface area contributed by atoms with E-state index in [1.54, 1.807) is 17.4 Å². The summed E-state index contributed by atoms with van der Waals surface area (Å²) in [7, 11) is -4.05. The van der Waals surface area contributed by atoms with Crippen molar-refractivity contribution in [3.05, 3.63) is 58.6 Å². The van der Waals surface area contributed by atoms with Gasteiger partial charge < -0.3 is 24.1 Å². The predicted octanol–water partition coefficient (Wildman–Crippen LogP) is 6.27. The summed E-state index contributed by atoms with van der Waals surface area (Å²) in [6.45, 7) is 2.15. The van der Waals surface area contributed by atoms with Gasteiger partial charge in [-0.15, -0.1) is 11.3 Å². The lowest BCUT2D eigenvalue weighted by molar-refractivity contribution is -0.182. The number of carbonyl (C=O) groups excluding carboxylic acids is 1. The number of nitrogens with zero attached hydrogens (tertiary/aromatic N) is 2. The lowest BCUT2D eigenvalue weighted by Crippen LogP contribution is -2.42. The van der Waals surface area contributed by atoms with E-state index in [4.69, 9.17) is 23.9 Å². The Labute approximate surface area is 311 Å². The second-order valence-electron chi connectivity index (χ2n) is 15.7. The van der Waals surface area contributed by atoms with Crippen molar-refractivity contribution in [3.8, 4) is 0 Å². The molecule has 4 heterocycles. The van der Waals surface area contributed by atoms with Crippen LogP contribution in [0.5, 0.6) is 0 Å². The summed E-state index contributed by atoms with van der Waals surface area (Å²) in [6, 6.07) is 13.4. The Hall–Kier alpha value is -2.45. The summed E-state index contributed by atoms with van der Waals surface area (Å²) in [6.07, 6.45) is 8.39. The average molecular weight is 753 g/mol. The predicted molar refractivity (Wildman–Crippen MR) is 197 cm³/mol. The van der Waals surface area contributed by atoms with Crippen molar-refractivity contribution in [1.29, 1.82) is 0 Å². The Morgan fingerprint density at radius 3 is 2.71 bits per heavy atom. The van der Waals surface area contributed by atoms with Crippen LogP contribution in [0, 0.1) is 29.6 Å². The third-order valence-electron chi connectivity index (χ3n) is 11.9. The highest BCUT2D eigenvalue weighted by atomic mass is 32.2.